The molecule has 50 heavy (non-hydrogen) atoms. The van der Waals surface area contributed by atoms with Crippen LogP contribution in [0.1, 0.15) is 52.8 Å². The fraction of sp³-hybridized carbons (Fsp3) is 0.242. The smallest absolute Gasteiger partial charge is 0.344 e. The maximum atomic E-state index is 15.1. The topological polar surface area (TPSA) is 171 Å². The average Bonchev–Trinajstić information content (AvgIpc) is 3.49. The molecule has 0 spiro atoms. The van der Waals surface area contributed by atoms with Gasteiger partial charge in [-0.15, -0.1) is 0 Å². The standard InChI is InChI=1S/C33H26Cl2FN3O11/c1-17(40)46-16-27-26(47-15-19-6-8-22(34)9-7-19)12-29(49-27)38-14-24(36)31(43)39(33(38)45)30(42)20-4-3-5-21(10-20)32(44)50-28-11-25(48-18(2)41)23(35)13-37-28/h3-11,13-14,26-27,29H,12,15-16H2,1-2H3/t26-,27+,29+/m0/s1. The predicted octanol–water partition coefficient (Wildman–Crippen LogP) is 4.12. The van der Waals surface area contributed by atoms with Crippen molar-refractivity contribution in [2.75, 3.05) is 6.61 Å². The fourth-order valence-electron chi connectivity index (χ4n) is 4.86. The normalized spacial score (nSPS) is 16.9. The summed E-state index contributed by atoms with van der Waals surface area (Å²) in [7, 11) is 0. The molecule has 0 saturated carbocycles. The summed E-state index contributed by atoms with van der Waals surface area (Å²) in [6.07, 6.45) is -1.25. The summed E-state index contributed by atoms with van der Waals surface area (Å²) in [5.41, 5.74) is -2.58. The molecule has 1 aliphatic rings. The van der Waals surface area contributed by atoms with Crippen molar-refractivity contribution in [1.82, 2.24) is 14.1 Å². The van der Waals surface area contributed by atoms with Crippen LogP contribution in [0.3, 0.4) is 0 Å². The molecule has 4 aromatic rings. The van der Waals surface area contributed by atoms with Gasteiger partial charge in [0.1, 0.15) is 24.0 Å². The van der Waals surface area contributed by atoms with Crippen molar-refractivity contribution in [1.29, 1.82) is 0 Å². The molecular weight excluding hydrogens is 704 g/mol. The Morgan fingerprint density at radius 2 is 1.70 bits per heavy atom. The van der Waals surface area contributed by atoms with Crippen LogP contribution in [0.15, 0.2) is 76.6 Å². The highest BCUT2D eigenvalue weighted by atomic mass is 35.5. The highest BCUT2D eigenvalue weighted by Crippen LogP contribution is 2.31. The second-order valence-electron chi connectivity index (χ2n) is 10.8. The Bertz CT molecular complexity index is 2080. The molecule has 3 heterocycles. The van der Waals surface area contributed by atoms with Gasteiger partial charge in [0.25, 0.3) is 11.5 Å². The zero-order valence-electron chi connectivity index (χ0n) is 26.2. The Morgan fingerprint density at radius 3 is 2.40 bits per heavy atom. The SMILES string of the molecule is CC(=O)OC[C@H]1O[C@@H](n2cc(F)c(=O)n(C(=O)c3cccc(C(=O)Oc4cc(OC(C)=O)c(Cl)cn4)c3)c2=O)C[C@@H]1OCc1ccc(Cl)cc1. The number of hydrogen-bond acceptors (Lipinski definition) is 12. The van der Waals surface area contributed by atoms with Crippen molar-refractivity contribution in [2.45, 2.75) is 45.3 Å². The number of halogens is 3. The van der Waals surface area contributed by atoms with Gasteiger partial charge in [-0.3, -0.25) is 23.7 Å². The van der Waals surface area contributed by atoms with E-state index in [1.165, 1.54) is 25.1 Å². The van der Waals surface area contributed by atoms with Crippen molar-refractivity contribution in [3.63, 3.8) is 0 Å². The minimum atomic E-state index is -1.54. The summed E-state index contributed by atoms with van der Waals surface area (Å²) in [4.78, 5) is 79.6. The van der Waals surface area contributed by atoms with Gasteiger partial charge in [0, 0.05) is 36.9 Å². The van der Waals surface area contributed by atoms with Gasteiger partial charge in [-0.25, -0.2) is 14.6 Å². The summed E-state index contributed by atoms with van der Waals surface area (Å²) in [6, 6.07) is 12.7. The van der Waals surface area contributed by atoms with Crippen LogP contribution >= 0.6 is 23.2 Å². The molecule has 2 aromatic carbocycles. The molecule has 0 aliphatic carbocycles. The summed E-state index contributed by atoms with van der Waals surface area (Å²) >= 11 is 11.9. The number of esters is 3. The molecule has 1 fully saturated rings. The zero-order valence-corrected chi connectivity index (χ0v) is 27.7. The Morgan fingerprint density at radius 1 is 0.980 bits per heavy atom. The third kappa shape index (κ3) is 8.49. The average molecular weight is 730 g/mol. The summed E-state index contributed by atoms with van der Waals surface area (Å²) in [6.45, 7) is 2.17. The minimum absolute atomic E-state index is 0.0253. The monoisotopic (exact) mass is 729 g/mol. The van der Waals surface area contributed by atoms with E-state index in [-0.39, 0.29) is 52.0 Å². The molecule has 17 heteroatoms. The van der Waals surface area contributed by atoms with Crippen molar-refractivity contribution in [3.8, 4) is 11.6 Å². The number of carbonyl (C=O) groups is 4. The van der Waals surface area contributed by atoms with Crippen LogP contribution in [0.25, 0.3) is 0 Å². The van der Waals surface area contributed by atoms with Gasteiger partial charge in [0.2, 0.25) is 11.7 Å². The maximum absolute atomic E-state index is 15.1. The van der Waals surface area contributed by atoms with Crippen molar-refractivity contribution < 1.29 is 47.3 Å². The second kappa shape index (κ2) is 15.6. The first-order valence-corrected chi connectivity index (χ1v) is 15.5. The van der Waals surface area contributed by atoms with E-state index in [4.69, 9.17) is 46.9 Å². The number of ether oxygens (including phenoxy) is 5. The number of aromatic nitrogens is 3. The van der Waals surface area contributed by atoms with Crippen molar-refractivity contribution in [2.24, 2.45) is 0 Å². The summed E-state index contributed by atoms with van der Waals surface area (Å²) in [5, 5.41) is 0.498. The lowest BCUT2D eigenvalue weighted by atomic mass is 10.1. The van der Waals surface area contributed by atoms with Gasteiger partial charge in [-0.1, -0.05) is 41.4 Å². The summed E-state index contributed by atoms with van der Waals surface area (Å²) < 4.78 is 43.0. The number of benzene rings is 2. The highest BCUT2D eigenvalue weighted by molar-refractivity contribution is 6.32. The highest BCUT2D eigenvalue weighted by Gasteiger charge is 2.39. The van der Waals surface area contributed by atoms with E-state index in [0.717, 1.165) is 35.4 Å². The van der Waals surface area contributed by atoms with Gasteiger partial charge < -0.3 is 23.7 Å². The molecule has 0 bridgehead atoms. The van der Waals surface area contributed by atoms with Crippen LogP contribution in [0.5, 0.6) is 11.6 Å². The molecule has 2 aromatic heterocycles. The number of pyridine rings is 1. The number of nitrogens with zero attached hydrogens (tertiary/aromatic N) is 3. The molecule has 1 aliphatic heterocycles. The lowest BCUT2D eigenvalue weighted by Gasteiger charge is -2.19. The van der Waals surface area contributed by atoms with Crippen molar-refractivity contribution >= 4 is 47.0 Å². The van der Waals surface area contributed by atoms with Crippen LogP contribution in [-0.4, -0.2) is 56.7 Å². The molecule has 0 N–H and O–H groups in total. The van der Waals surface area contributed by atoms with E-state index in [1.807, 2.05) is 0 Å². The van der Waals surface area contributed by atoms with Crippen LogP contribution in [0, 0.1) is 5.82 Å². The van der Waals surface area contributed by atoms with E-state index in [1.54, 1.807) is 24.3 Å². The Labute approximate surface area is 291 Å². The Kier molecular flexibility index (Phi) is 11.2. The Balaban J connectivity index is 1.39. The van der Waals surface area contributed by atoms with Crippen LogP contribution in [-0.2, 0) is 30.4 Å². The van der Waals surface area contributed by atoms with E-state index in [2.05, 4.69) is 4.98 Å². The first-order valence-electron chi connectivity index (χ1n) is 14.7. The van der Waals surface area contributed by atoms with Gasteiger partial charge in [0.15, 0.2) is 5.75 Å². The molecule has 1 saturated heterocycles. The maximum Gasteiger partial charge on any atom is 0.344 e. The molecule has 0 unspecified atom stereocenters. The molecular formula is C33H26Cl2FN3O11. The lowest BCUT2D eigenvalue weighted by molar-refractivity contribution is -0.148. The second-order valence-corrected chi connectivity index (χ2v) is 11.6. The van der Waals surface area contributed by atoms with Gasteiger partial charge in [0.05, 0.1) is 30.7 Å². The Hall–Kier alpha value is -5.22. The van der Waals surface area contributed by atoms with E-state index < -0.39 is 59.3 Å². The van der Waals surface area contributed by atoms with E-state index >= 15 is 4.39 Å². The summed E-state index contributed by atoms with van der Waals surface area (Å²) in [5.74, 6) is -5.42. The number of hydrogen-bond donors (Lipinski definition) is 0. The predicted molar refractivity (Wildman–Crippen MR) is 172 cm³/mol. The van der Waals surface area contributed by atoms with Crippen LogP contribution < -0.4 is 20.7 Å². The molecule has 0 radical (unpaired) electrons. The molecule has 260 valence electrons. The molecule has 5 rings (SSSR count). The van der Waals surface area contributed by atoms with Crippen LogP contribution in [0.4, 0.5) is 4.39 Å². The van der Waals surface area contributed by atoms with Gasteiger partial charge in [-0.05, 0) is 35.9 Å². The zero-order chi connectivity index (χ0) is 36.1. The number of rotatable bonds is 10. The van der Waals surface area contributed by atoms with Gasteiger partial charge >= 0.3 is 23.6 Å². The third-order valence-electron chi connectivity index (χ3n) is 7.19. The fourth-order valence-corrected chi connectivity index (χ4v) is 5.13. The van der Waals surface area contributed by atoms with E-state index in [9.17, 15) is 28.8 Å². The molecule has 0 amide bonds. The largest absolute Gasteiger partial charge is 0.463 e. The minimum Gasteiger partial charge on any atom is -0.463 e. The third-order valence-corrected chi connectivity index (χ3v) is 7.72. The first-order chi connectivity index (χ1) is 23.8. The number of carbonyl (C=O) groups excluding carboxylic acids is 4. The molecule has 14 nitrogen and oxygen atoms in total. The first kappa shape index (κ1) is 36.1. The van der Waals surface area contributed by atoms with Crippen LogP contribution in [0.2, 0.25) is 10.0 Å². The molecule has 3 atom stereocenters. The lowest BCUT2D eigenvalue weighted by Crippen LogP contribution is -2.46. The van der Waals surface area contributed by atoms with E-state index in [0.29, 0.717) is 11.2 Å². The van der Waals surface area contributed by atoms with Crippen molar-refractivity contribution in [3.05, 3.63) is 120 Å². The van der Waals surface area contributed by atoms with Gasteiger partial charge in [-0.2, -0.15) is 8.96 Å². The quantitative estimate of drug-likeness (QED) is 0.214.